The first-order valence-corrected chi connectivity index (χ1v) is 7.89. The fourth-order valence-electron chi connectivity index (χ4n) is 1.52. The maximum Gasteiger partial charge on any atom is 0.109 e. The third-order valence-electron chi connectivity index (χ3n) is 2.50. The molecular weight excluding hydrogens is 316 g/mol. The molecule has 2 nitrogen and oxygen atoms in total. The minimum Gasteiger partial charge on any atom is -0.303 e. The fourth-order valence-corrected chi connectivity index (χ4v) is 3.87. The predicted molar refractivity (Wildman–Crippen MR) is 78.9 cm³/mol. The van der Waals surface area contributed by atoms with Gasteiger partial charge in [-0.05, 0) is 42.8 Å². The maximum absolute atomic E-state index is 4.40. The van der Waals surface area contributed by atoms with Crippen LogP contribution in [-0.4, -0.2) is 4.98 Å². The number of rotatable bonds is 4. The molecule has 1 atom stereocenters. The van der Waals surface area contributed by atoms with Crippen molar-refractivity contribution in [3.63, 3.8) is 0 Å². The van der Waals surface area contributed by atoms with E-state index in [-0.39, 0.29) is 0 Å². The van der Waals surface area contributed by atoms with E-state index in [1.165, 1.54) is 19.1 Å². The van der Waals surface area contributed by atoms with Crippen LogP contribution in [0, 0.1) is 13.8 Å². The Bertz CT molecular complexity index is 485. The van der Waals surface area contributed by atoms with Crippen molar-refractivity contribution in [2.45, 2.75) is 33.4 Å². The molecule has 0 aromatic carbocycles. The minimum atomic E-state index is 0.315. The number of thiophene rings is 1. The average molecular weight is 331 g/mol. The van der Waals surface area contributed by atoms with Crippen molar-refractivity contribution in [3.8, 4) is 0 Å². The highest BCUT2D eigenvalue weighted by Gasteiger charge is 2.10. The molecule has 1 unspecified atom stereocenters. The number of halogens is 1. The average Bonchev–Trinajstić information content (AvgIpc) is 2.83. The summed E-state index contributed by atoms with van der Waals surface area (Å²) in [7, 11) is 0. The Morgan fingerprint density at radius 2 is 2.18 bits per heavy atom. The molecule has 92 valence electrons. The molecular formula is C12H15BrN2S2. The van der Waals surface area contributed by atoms with Gasteiger partial charge in [-0.2, -0.15) is 0 Å². The summed E-state index contributed by atoms with van der Waals surface area (Å²) in [6.07, 6.45) is 1.93. The number of nitrogens with zero attached hydrogens (tertiary/aromatic N) is 1. The second kappa shape index (κ2) is 5.61. The standard InChI is InChI=1S/C12H15BrN2S2/c1-7-5-15-12(16-7)8(2)14-6-10-4-11(13)9(3)17-10/h4-5,8,14H,6H2,1-3H3. The van der Waals surface area contributed by atoms with Crippen LogP contribution in [0.5, 0.6) is 0 Å². The van der Waals surface area contributed by atoms with Crippen LogP contribution in [0.15, 0.2) is 16.7 Å². The zero-order valence-corrected chi connectivity index (χ0v) is 13.3. The molecule has 0 radical (unpaired) electrons. The highest BCUT2D eigenvalue weighted by atomic mass is 79.9. The Kier molecular flexibility index (Phi) is 4.36. The smallest absolute Gasteiger partial charge is 0.109 e. The largest absolute Gasteiger partial charge is 0.303 e. The van der Waals surface area contributed by atoms with Crippen LogP contribution >= 0.6 is 38.6 Å². The Labute approximate surface area is 118 Å². The van der Waals surface area contributed by atoms with E-state index in [0.29, 0.717) is 6.04 Å². The van der Waals surface area contributed by atoms with Gasteiger partial charge in [0.2, 0.25) is 0 Å². The van der Waals surface area contributed by atoms with Gasteiger partial charge in [-0.15, -0.1) is 22.7 Å². The van der Waals surface area contributed by atoms with Crippen LogP contribution in [-0.2, 0) is 6.54 Å². The lowest BCUT2D eigenvalue weighted by Gasteiger charge is -2.09. The summed E-state index contributed by atoms with van der Waals surface area (Å²) in [5.41, 5.74) is 0. The van der Waals surface area contributed by atoms with Crippen molar-refractivity contribution in [2.24, 2.45) is 0 Å². The first-order valence-electron chi connectivity index (χ1n) is 5.47. The van der Waals surface area contributed by atoms with E-state index in [9.17, 15) is 0 Å². The second-order valence-corrected chi connectivity index (χ2v) is 7.49. The molecule has 0 saturated heterocycles. The number of aromatic nitrogens is 1. The molecule has 0 fully saturated rings. The Hall–Kier alpha value is -0.230. The van der Waals surface area contributed by atoms with Crippen molar-refractivity contribution in [1.29, 1.82) is 0 Å². The first kappa shape index (κ1) is 13.2. The number of hydrogen-bond acceptors (Lipinski definition) is 4. The molecule has 2 aromatic rings. The van der Waals surface area contributed by atoms with Gasteiger partial charge in [0, 0.05) is 31.8 Å². The van der Waals surface area contributed by atoms with Gasteiger partial charge in [0.1, 0.15) is 5.01 Å². The topological polar surface area (TPSA) is 24.9 Å². The van der Waals surface area contributed by atoms with Crippen LogP contribution < -0.4 is 5.32 Å². The molecule has 0 bridgehead atoms. The lowest BCUT2D eigenvalue weighted by Crippen LogP contribution is -2.17. The van der Waals surface area contributed by atoms with Gasteiger partial charge < -0.3 is 5.32 Å². The lowest BCUT2D eigenvalue weighted by molar-refractivity contribution is 0.576. The molecule has 5 heteroatoms. The van der Waals surface area contributed by atoms with Gasteiger partial charge in [-0.1, -0.05) is 0 Å². The molecule has 17 heavy (non-hydrogen) atoms. The van der Waals surface area contributed by atoms with Gasteiger partial charge in [0.05, 0.1) is 6.04 Å². The summed E-state index contributed by atoms with van der Waals surface area (Å²) in [4.78, 5) is 8.36. The van der Waals surface area contributed by atoms with Crippen LogP contribution in [0.4, 0.5) is 0 Å². The fraction of sp³-hybridized carbons (Fsp3) is 0.417. The van der Waals surface area contributed by atoms with Crippen molar-refractivity contribution < 1.29 is 0 Å². The van der Waals surface area contributed by atoms with E-state index in [2.05, 4.69) is 53.1 Å². The zero-order valence-electron chi connectivity index (χ0n) is 10.1. The van der Waals surface area contributed by atoms with Gasteiger partial charge in [-0.25, -0.2) is 4.98 Å². The number of nitrogens with one attached hydrogen (secondary N) is 1. The van der Waals surface area contributed by atoms with Gasteiger partial charge in [0.25, 0.3) is 0 Å². The molecule has 0 saturated carbocycles. The summed E-state index contributed by atoms with van der Waals surface area (Å²) >= 11 is 7.13. The van der Waals surface area contributed by atoms with Crippen molar-refractivity contribution in [3.05, 3.63) is 36.4 Å². The molecule has 0 spiro atoms. The summed E-state index contributed by atoms with van der Waals surface area (Å²) in [6, 6.07) is 2.50. The maximum atomic E-state index is 4.40. The lowest BCUT2D eigenvalue weighted by atomic mass is 10.3. The Morgan fingerprint density at radius 1 is 1.41 bits per heavy atom. The first-order chi connectivity index (χ1) is 8.06. The number of hydrogen-bond donors (Lipinski definition) is 1. The molecule has 2 aromatic heterocycles. The molecule has 0 aliphatic heterocycles. The Balaban J connectivity index is 1.94. The van der Waals surface area contributed by atoms with Crippen molar-refractivity contribution in [1.82, 2.24) is 10.3 Å². The summed E-state index contributed by atoms with van der Waals surface area (Å²) < 4.78 is 1.21. The summed E-state index contributed by atoms with van der Waals surface area (Å²) in [5, 5.41) is 4.67. The van der Waals surface area contributed by atoms with Gasteiger partial charge >= 0.3 is 0 Å². The molecule has 1 N–H and O–H groups in total. The highest BCUT2D eigenvalue weighted by Crippen LogP contribution is 2.27. The molecule has 0 amide bonds. The van der Waals surface area contributed by atoms with Gasteiger partial charge in [-0.3, -0.25) is 0 Å². The van der Waals surface area contributed by atoms with Crippen molar-refractivity contribution >= 4 is 38.6 Å². The zero-order chi connectivity index (χ0) is 12.4. The van der Waals surface area contributed by atoms with E-state index in [4.69, 9.17) is 0 Å². The van der Waals surface area contributed by atoms with E-state index < -0.39 is 0 Å². The van der Waals surface area contributed by atoms with Crippen LogP contribution in [0.3, 0.4) is 0 Å². The summed E-state index contributed by atoms with van der Waals surface area (Å²) in [5.74, 6) is 0. The van der Waals surface area contributed by atoms with Crippen LogP contribution in [0.25, 0.3) is 0 Å². The second-order valence-electron chi connectivity index (χ2n) is 4.03. The van der Waals surface area contributed by atoms with E-state index >= 15 is 0 Å². The van der Waals surface area contributed by atoms with E-state index in [0.717, 1.165) is 11.6 Å². The Morgan fingerprint density at radius 3 is 2.71 bits per heavy atom. The third kappa shape index (κ3) is 3.37. The molecule has 2 rings (SSSR count). The monoisotopic (exact) mass is 330 g/mol. The highest BCUT2D eigenvalue weighted by molar-refractivity contribution is 9.10. The molecule has 0 aliphatic carbocycles. The number of thiazole rings is 1. The molecule has 0 aliphatic rings. The normalized spacial score (nSPS) is 12.9. The van der Waals surface area contributed by atoms with E-state index in [1.54, 1.807) is 11.3 Å². The van der Waals surface area contributed by atoms with Crippen molar-refractivity contribution in [2.75, 3.05) is 0 Å². The third-order valence-corrected chi connectivity index (χ3v) is 5.73. The number of aryl methyl sites for hydroxylation is 2. The predicted octanol–water partition coefficient (Wildman–Crippen LogP) is 4.43. The van der Waals surface area contributed by atoms with E-state index in [1.807, 2.05) is 17.5 Å². The minimum absolute atomic E-state index is 0.315. The van der Waals surface area contributed by atoms with Gasteiger partial charge in [0.15, 0.2) is 0 Å². The quantitative estimate of drug-likeness (QED) is 0.896. The molecule has 2 heterocycles. The SMILES string of the molecule is Cc1cnc(C(C)NCc2cc(Br)c(C)s2)s1. The summed E-state index contributed by atoms with van der Waals surface area (Å²) in [6.45, 7) is 7.28. The van der Waals surface area contributed by atoms with Crippen LogP contribution in [0.1, 0.15) is 32.6 Å². The van der Waals surface area contributed by atoms with Crippen LogP contribution in [0.2, 0.25) is 0 Å².